The van der Waals surface area contributed by atoms with Crippen LogP contribution in [-0.4, -0.2) is 63.2 Å². The van der Waals surface area contributed by atoms with Crippen LogP contribution in [0.5, 0.6) is 11.5 Å². The zero-order valence-corrected chi connectivity index (χ0v) is 25.9. The molecule has 9 nitrogen and oxygen atoms in total. The Balaban J connectivity index is 1.76. The van der Waals surface area contributed by atoms with E-state index in [1.54, 1.807) is 30.3 Å². The lowest BCUT2D eigenvalue weighted by atomic mass is 10.0. The first-order chi connectivity index (χ1) is 19.9. The first-order valence-corrected chi connectivity index (χ1v) is 16.0. The predicted molar refractivity (Wildman–Crippen MR) is 164 cm³/mol. The van der Waals surface area contributed by atoms with E-state index in [2.05, 4.69) is 5.32 Å². The molecular formula is C30H33Cl2N3O6S. The molecule has 12 heteroatoms. The van der Waals surface area contributed by atoms with Crippen LogP contribution in [0.3, 0.4) is 0 Å². The van der Waals surface area contributed by atoms with Crippen molar-refractivity contribution in [3.8, 4) is 11.5 Å². The van der Waals surface area contributed by atoms with Crippen molar-refractivity contribution in [3.63, 3.8) is 0 Å². The lowest BCUT2D eigenvalue weighted by Gasteiger charge is -2.34. The van der Waals surface area contributed by atoms with E-state index in [0.717, 1.165) is 16.1 Å². The van der Waals surface area contributed by atoms with Crippen molar-refractivity contribution < 1.29 is 27.5 Å². The van der Waals surface area contributed by atoms with Gasteiger partial charge in [-0.05, 0) is 43.7 Å². The molecule has 4 rings (SSSR count). The number of anilines is 1. The highest BCUT2D eigenvalue weighted by atomic mass is 35.5. The Kier molecular flexibility index (Phi) is 10.2. The summed E-state index contributed by atoms with van der Waals surface area (Å²) >= 11 is 13.0. The van der Waals surface area contributed by atoms with Gasteiger partial charge in [0.2, 0.25) is 21.8 Å². The minimum atomic E-state index is -3.95. The smallest absolute Gasteiger partial charge is 0.244 e. The number of amides is 2. The maximum Gasteiger partial charge on any atom is 0.244 e. The fourth-order valence-corrected chi connectivity index (χ4v) is 5.95. The van der Waals surface area contributed by atoms with Crippen LogP contribution in [0.1, 0.15) is 25.0 Å². The number of fused-ring (bicyclic) bond motifs is 1. The van der Waals surface area contributed by atoms with Crippen molar-refractivity contribution in [2.24, 2.45) is 0 Å². The highest BCUT2D eigenvalue weighted by molar-refractivity contribution is 7.92. The van der Waals surface area contributed by atoms with Gasteiger partial charge >= 0.3 is 0 Å². The number of halogens is 2. The highest BCUT2D eigenvalue weighted by Crippen LogP contribution is 2.35. The Morgan fingerprint density at radius 2 is 1.57 bits per heavy atom. The third-order valence-corrected chi connectivity index (χ3v) is 8.43. The Morgan fingerprint density at radius 1 is 0.929 bits per heavy atom. The third-order valence-electron chi connectivity index (χ3n) is 6.59. The highest BCUT2D eigenvalue weighted by Gasteiger charge is 2.34. The number of sulfonamides is 1. The van der Waals surface area contributed by atoms with Gasteiger partial charge in [-0.1, -0.05) is 59.6 Å². The molecule has 224 valence electrons. The van der Waals surface area contributed by atoms with Crippen LogP contribution < -0.4 is 19.1 Å². The molecule has 1 heterocycles. The lowest BCUT2D eigenvalue weighted by molar-refractivity contribution is -0.140. The number of benzene rings is 3. The average Bonchev–Trinajstić information content (AvgIpc) is 2.94. The molecule has 1 aliphatic heterocycles. The van der Waals surface area contributed by atoms with E-state index in [-0.39, 0.29) is 24.7 Å². The molecule has 0 saturated heterocycles. The molecule has 3 aromatic carbocycles. The van der Waals surface area contributed by atoms with Crippen molar-refractivity contribution in [3.05, 3.63) is 87.9 Å². The van der Waals surface area contributed by atoms with Crippen LogP contribution in [0.25, 0.3) is 0 Å². The van der Waals surface area contributed by atoms with Gasteiger partial charge in [-0.15, -0.1) is 0 Å². The topological polar surface area (TPSA) is 105 Å². The molecule has 0 fully saturated rings. The van der Waals surface area contributed by atoms with Crippen LogP contribution >= 0.6 is 23.2 Å². The predicted octanol–water partition coefficient (Wildman–Crippen LogP) is 4.70. The van der Waals surface area contributed by atoms with Gasteiger partial charge < -0.3 is 19.7 Å². The molecule has 2 amide bonds. The molecule has 0 spiro atoms. The summed E-state index contributed by atoms with van der Waals surface area (Å²) < 4.78 is 38.2. The lowest BCUT2D eigenvalue weighted by Crippen LogP contribution is -2.54. The number of carbonyl (C=O) groups is 2. The molecule has 1 N–H and O–H groups in total. The van der Waals surface area contributed by atoms with Gasteiger partial charge in [0.1, 0.15) is 25.8 Å². The first-order valence-electron chi connectivity index (χ1n) is 13.4. The summed E-state index contributed by atoms with van der Waals surface area (Å²) in [4.78, 5) is 29.2. The standard InChI is InChI=1S/C30H33Cl2N3O6S/c1-20(2)33-30(37)26(16-21-8-5-4-6-9-21)34(18-23-24(31)10-7-11-25(23)32)29(36)19-35(42(3,38)39)22-12-13-27-28(17-22)41-15-14-40-27/h4-13,17,20,26H,14-16,18-19H2,1-3H3,(H,33,37)/t26-/m1/s1. The van der Waals surface area contributed by atoms with Crippen molar-refractivity contribution in [1.82, 2.24) is 10.2 Å². The Labute approximate surface area is 256 Å². The van der Waals surface area contributed by atoms with Gasteiger partial charge in [-0.25, -0.2) is 8.42 Å². The van der Waals surface area contributed by atoms with Gasteiger partial charge in [0.05, 0.1) is 11.9 Å². The second kappa shape index (κ2) is 13.7. The summed E-state index contributed by atoms with van der Waals surface area (Å²) in [6.45, 7) is 3.62. The maximum atomic E-state index is 14.2. The number of nitrogens with one attached hydrogen (secondary N) is 1. The quantitative estimate of drug-likeness (QED) is 0.328. The molecule has 0 saturated carbocycles. The van der Waals surface area contributed by atoms with Crippen LogP contribution in [-0.2, 0) is 32.6 Å². The second-order valence-electron chi connectivity index (χ2n) is 10.2. The monoisotopic (exact) mass is 633 g/mol. The molecule has 1 atom stereocenters. The minimum absolute atomic E-state index is 0.126. The Hall–Kier alpha value is -3.47. The van der Waals surface area contributed by atoms with Gasteiger partial charge in [-0.2, -0.15) is 0 Å². The van der Waals surface area contributed by atoms with Crippen LogP contribution in [0, 0.1) is 0 Å². The zero-order valence-electron chi connectivity index (χ0n) is 23.5. The van der Waals surface area contributed by atoms with E-state index in [1.165, 1.54) is 11.0 Å². The summed E-state index contributed by atoms with van der Waals surface area (Å²) in [5.74, 6) is -0.160. The van der Waals surface area contributed by atoms with E-state index in [0.29, 0.717) is 40.3 Å². The van der Waals surface area contributed by atoms with Gasteiger partial charge in [0.25, 0.3) is 0 Å². The van der Waals surface area contributed by atoms with Crippen molar-refractivity contribution in [2.45, 2.75) is 38.9 Å². The van der Waals surface area contributed by atoms with Crippen molar-refractivity contribution >= 4 is 50.7 Å². The summed E-state index contributed by atoms with van der Waals surface area (Å²) in [6.07, 6.45) is 1.19. The van der Waals surface area contributed by atoms with Gasteiger partial charge in [-0.3, -0.25) is 13.9 Å². The largest absolute Gasteiger partial charge is 0.486 e. The molecule has 0 aromatic heterocycles. The normalized spacial score (nSPS) is 13.4. The minimum Gasteiger partial charge on any atom is -0.486 e. The number of hydrogen-bond donors (Lipinski definition) is 1. The number of ether oxygens (including phenoxy) is 2. The molecular weight excluding hydrogens is 601 g/mol. The summed E-state index contributed by atoms with van der Waals surface area (Å²) in [6, 6.07) is 17.7. The van der Waals surface area contributed by atoms with E-state index >= 15 is 0 Å². The van der Waals surface area contributed by atoms with Crippen molar-refractivity contribution in [1.29, 1.82) is 0 Å². The van der Waals surface area contributed by atoms with E-state index in [1.807, 2.05) is 44.2 Å². The van der Waals surface area contributed by atoms with E-state index in [4.69, 9.17) is 32.7 Å². The van der Waals surface area contributed by atoms with Crippen LogP contribution in [0.4, 0.5) is 5.69 Å². The zero-order chi connectivity index (χ0) is 30.4. The first kappa shape index (κ1) is 31.5. The fourth-order valence-electron chi connectivity index (χ4n) is 4.59. The molecule has 1 aliphatic rings. The number of nitrogens with zero attached hydrogens (tertiary/aromatic N) is 2. The summed E-state index contributed by atoms with van der Waals surface area (Å²) in [5.41, 5.74) is 1.48. The SMILES string of the molecule is CC(C)NC(=O)[C@@H](Cc1ccccc1)N(Cc1c(Cl)cccc1Cl)C(=O)CN(c1ccc2c(c1)OCCO2)S(C)(=O)=O. The van der Waals surface area contributed by atoms with Crippen molar-refractivity contribution in [2.75, 3.05) is 30.3 Å². The fraction of sp³-hybridized carbons (Fsp3) is 0.333. The molecule has 0 unspecified atom stereocenters. The van der Waals surface area contributed by atoms with Crippen LogP contribution in [0.15, 0.2) is 66.7 Å². The maximum absolute atomic E-state index is 14.2. The summed E-state index contributed by atoms with van der Waals surface area (Å²) in [7, 11) is -3.95. The number of carbonyl (C=O) groups excluding carboxylic acids is 2. The van der Waals surface area contributed by atoms with Gasteiger partial charge in [0, 0.05) is 40.7 Å². The van der Waals surface area contributed by atoms with Gasteiger partial charge in [0.15, 0.2) is 11.5 Å². The number of hydrogen-bond acceptors (Lipinski definition) is 6. The third kappa shape index (κ3) is 7.87. The van der Waals surface area contributed by atoms with E-state index < -0.39 is 34.4 Å². The Bertz CT molecular complexity index is 1510. The molecule has 0 aliphatic carbocycles. The number of rotatable bonds is 11. The average molecular weight is 635 g/mol. The molecule has 0 bridgehead atoms. The molecule has 3 aromatic rings. The van der Waals surface area contributed by atoms with E-state index in [9.17, 15) is 18.0 Å². The molecule has 42 heavy (non-hydrogen) atoms. The Morgan fingerprint density at radius 3 is 2.19 bits per heavy atom. The molecule has 0 radical (unpaired) electrons. The second-order valence-corrected chi connectivity index (χ2v) is 12.9. The summed E-state index contributed by atoms with van der Waals surface area (Å²) in [5, 5.41) is 3.53. The van der Waals surface area contributed by atoms with Crippen LogP contribution in [0.2, 0.25) is 10.0 Å².